The molecule has 0 bridgehead atoms. The molecule has 0 aromatic heterocycles. The first-order valence-corrected chi connectivity index (χ1v) is 7.33. The minimum atomic E-state index is -0.339. The van der Waals surface area contributed by atoms with E-state index in [0.29, 0.717) is 5.56 Å². The normalized spacial score (nSPS) is 16.2. The number of carbonyl (C=O) groups is 2. The number of nitrogens with one attached hydrogen (secondary N) is 2. The van der Waals surface area contributed by atoms with Gasteiger partial charge in [-0.2, -0.15) is 0 Å². The standard InChI is InChI=1S/C15H21FN4O2/c16-13-4-2-1-3-11(13)9-18-15(22)19-12-5-7-20(8-6-12)10-14(17)21/h1-4,12H,5-10H2,(H2,17,21)(H2,18,19,22). The van der Waals surface area contributed by atoms with Crippen molar-refractivity contribution in [3.8, 4) is 0 Å². The summed E-state index contributed by atoms with van der Waals surface area (Å²) in [5.41, 5.74) is 5.61. The van der Waals surface area contributed by atoms with Gasteiger partial charge in [0, 0.05) is 31.2 Å². The molecule has 1 fully saturated rings. The highest BCUT2D eigenvalue weighted by Gasteiger charge is 2.21. The van der Waals surface area contributed by atoms with Gasteiger partial charge in [0.25, 0.3) is 0 Å². The fourth-order valence-electron chi connectivity index (χ4n) is 2.51. The van der Waals surface area contributed by atoms with Gasteiger partial charge in [-0.25, -0.2) is 9.18 Å². The number of piperidine rings is 1. The third-order valence-electron chi connectivity index (χ3n) is 3.70. The number of carbonyl (C=O) groups excluding carboxylic acids is 2. The topological polar surface area (TPSA) is 87.5 Å². The van der Waals surface area contributed by atoms with Crippen molar-refractivity contribution in [2.75, 3.05) is 19.6 Å². The maximum absolute atomic E-state index is 13.4. The van der Waals surface area contributed by atoms with Crippen molar-refractivity contribution in [1.29, 1.82) is 0 Å². The number of halogens is 1. The smallest absolute Gasteiger partial charge is 0.315 e. The Morgan fingerprint density at radius 3 is 2.59 bits per heavy atom. The van der Waals surface area contributed by atoms with E-state index in [0.717, 1.165) is 25.9 Å². The first-order valence-electron chi connectivity index (χ1n) is 7.33. The second kappa shape index (κ2) is 7.74. The molecule has 3 amide bonds. The number of nitrogens with two attached hydrogens (primary N) is 1. The predicted molar refractivity (Wildman–Crippen MR) is 80.4 cm³/mol. The number of urea groups is 1. The summed E-state index contributed by atoms with van der Waals surface area (Å²) in [6.07, 6.45) is 1.53. The number of likely N-dealkylation sites (tertiary alicyclic amines) is 1. The summed E-state index contributed by atoms with van der Waals surface area (Å²) in [4.78, 5) is 24.6. The molecule has 0 radical (unpaired) electrons. The molecule has 1 aliphatic rings. The summed E-state index contributed by atoms with van der Waals surface area (Å²) in [6.45, 7) is 1.85. The summed E-state index contributed by atoms with van der Waals surface area (Å²) in [5, 5.41) is 5.52. The summed E-state index contributed by atoms with van der Waals surface area (Å²) in [5.74, 6) is -0.670. The minimum Gasteiger partial charge on any atom is -0.369 e. The van der Waals surface area contributed by atoms with Gasteiger partial charge in [0.1, 0.15) is 5.82 Å². The molecule has 120 valence electrons. The van der Waals surface area contributed by atoms with Crippen molar-refractivity contribution in [2.45, 2.75) is 25.4 Å². The molecular weight excluding hydrogens is 287 g/mol. The molecule has 0 spiro atoms. The Bertz CT molecular complexity index is 530. The van der Waals surface area contributed by atoms with Gasteiger partial charge >= 0.3 is 6.03 Å². The van der Waals surface area contributed by atoms with Gasteiger partial charge < -0.3 is 16.4 Å². The third kappa shape index (κ3) is 5.00. The Hall–Kier alpha value is -2.15. The van der Waals surface area contributed by atoms with Crippen LogP contribution < -0.4 is 16.4 Å². The molecule has 7 heteroatoms. The van der Waals surface area contributed by atoms with Gasteiger partial charge in [-0.05, 0) is 18.9 Å². The van der Waals surface area contributed by atoms with Gasteiger partial charge in [0.15, 0.2) is 0 Å². The zero-order chi connectivity index (χ0) is 15.9. The molecule has 0 atom stereocenters. The molecule has 1 aromatic rings. The van der Waals surface area contributed by atoms with E-state index >= 15 is 0 Å². The van der Waals surface area contributed by atoms with Crippen molar-refractivity contribution < 1.29 is 14.0 Å². The highest BCUT2D eigenvalue weighted by atomic mass is 19.1. The zero-order valence-corrected chi connectivity index (χ0v) is 12.3. The van der Waals surface area contributed by atoms with Crippen LogP contribution in [0.15, 0.2) is 24.3 Å². The number of primary amides is 1. The van der Waals surface area contributed by atoms with E-state index < -0.39 is 0 Å². The lowest BCUT2D eigenvalue weighted by atomic mass is 10.1. The molecule has 1 aliphatic heterocycles. The lowest BCUT2D eigenvalue weighted by Crippen LogP contribution is -2.49. The Labute approximate surface area is 128 Å². The monoisotopic (exact) mass is 308 g/mol. The van der Waals surface area contributed by atoms with Crippen LogP contribution in [0.5, 0.6) is 0 Å². The molecule has 0 aliphatic carbocycles. The van der Waals surface area contributed by atoms with Crippen molar-refractivity contribution in [3.63, 3.8) is 0 Å². The average Bonchev–Trinajstić information content (AvgIpc) is 2.48. The van der Waals surface area contributed by atoms with E-state index in [1.165, 1.54) is 6.07 Å². The van der Waals surface area contributed by atoms with E-state index in [4.69, 9.17) is 5.73 Å². The van der Waals surface area contributed by atoms with Gasteiger partial charge in [0.05, 0.1) is 6.54 Å². The third-order valence-corrected chi connectivity index (χ3v) is 3.70. The number of nitrogens with zero attached hydrogens (tertiary/aromatic N) is 1. The zero-order valence-electron chi connectivity index (χ0n) is 12.3. The van der Waals surface area contributed by atoms with Gasteiger partial charge in [-0.15, -0.1) is 0 Å². The lowest BCUT2D eigenvalue weighted by molar-refractivity contribution is -0.119. The average molecular weight is 308 g/mol. The first-order chi connectivity index (χ1) is 10.5. The molecule has 1 aromatic carbocycles. The Morgan fingerprint density at radius 2 is 1.95 bits per heavy atom. The van der Waals surface area contributed by atoms with E-state index in [-0.39, 0.29) is 36.9 Å². The van der Waals surface area contributed by atoms with Crippen LogP contribution in [0.1, 0.15) is 18.4 Å². The minimum absolute atomic E-state index is 0.0600. The Balaban J connectivity index is 1.70. The second-order valence-electron chi connectivity index (χ2n) is 5.44. The highest BCUT2D eigenvalue weighted by molar-refractivity contribution is 5.76. The van der Waals surface area contributed by atoms with E-state index in [9.17, 15) is 14.0 Å². The fraction of sp³-hybridized carbons (Fsp3) is 0.467. The number of rotatable bonds is 5. The maximum atomic E-state index is 13.4. The van der Waals surface area contributed by atoms with Crippen LogP contribution >= 0.6 is 0 Å². The predicted octanol–water partition coefficient (Wildman–Crippen LogP) is 0.575. The molecule has 2 rings (SSSR count). The molecule has 1 saturated heterocycles. The van der Waals surface area contributed by atoms with Gasteiger partial charge in [-0.3, -0.25) is 9.69 Å². The molecule has 1 heterocycles. The van der Waals surface area contributed by atoms with Gasteiger partial charge in [0.2, 0.25) is 5.91 Å². The first kappa shape index (κ1) is 16.2. The second-order valence-corrected chi connectivity index (χ2v) is 5.44. The summed E-state index contributed by atoms with van der Waals surface area (Å²) in [6, 6.07) is 6.09. The van der Waals surface area contributed by atoms with Crippen LogP contribution in [0.25, 0.3) is 0 Å². The maximum Gasteiger partial charge on any atom is 0.315 e. The van der Waals surface area contributed by atoms with Gasteiger partial charge in [-0.1, -0.05) is 18.2 Å². The molecule has 6 nitrogen and oxygen atoms in total. The molecule has 0 saturated carbocycles. The Morgan fingerprint density at radius 1 is 1.27 bits per heavy atom. The number of hydrogen-bond acceptors (Lipinski definition) is 3. The molecular formula is C15H21FN4O2. The van der Waals surface area contributed by atoms with Crippen molar-refractivity contribution >= 4 is 11.9 Å². The molecule has 0 unspecified atom stereocenters. The largest absolute Gasteiger partial charge is 0.369 e. The van der Waals surface area contributed by atoms with E-state index in [1.54, 1.807) is 18.2 Å². The number of benzene rings is 1. The quantitative estimate of drug-likeness (QED) is 0.743. The summed E-state index contributed by atoms with van der Waals surface area (Å²) < 4.78 is 13.4. The van der Waals surface area contributed by atoms with Crippen LogP contribution in [0, 0.1) is 5.82 Å². The number of amides is 3. The molecule has 22 heavy (non-hydrogen) atoms. The van der Waals surface area contributed by atoms with Crippen LogP contribution in [0.4, 0.5) is 9.18 Å². The van der Waals surface area contributed by atoms with Crippen LogP contribution in [-0.2, 0) is 11.3 Å². The Kier molecular flexibility index (Phi) is 5.71. The number of hydrogen-bond donors (Lipinski definition) is 3. The van der Waals surface area contributed by atoms with Crippen molar-refractivity contribution in [1.82, 2.24) is 15.5 Å². The van der Waals surface area contributed by atoms with Crippen LogP contribution in [0.3, 0.4) is 0 Å². The van der Waals surface area contributed by atoms with Crippen LogP contribution in [-0.4, -0.2) is 42.5 Å². The lowest BCUT2D eigenvalue weighted by Gasteiger charge is -2.31. The van der Waals surface area contributed by atoms with Crippen molar-refractivity contribution in [2.24, 2.45) is 5.73 Å². The van der Waals surface area contributed by atoms with Crippen LogP contribution in [0.2, 0.25) is 0 Å². The van der Waals surface area contributed by atoms with E-state index in [1.807, 2.05) is 4.90 Å². The fourth-order valence-corrected chi connectivity index (χ4v) is 2.51. The summed E-state index contributed by atoms with van der Waals surface area (Å²) >= 11 is 0. The van der Waals surface area contributed by atoms with E-state index in [2.05, 4.69) is 10.6 Å². The summed E-state index contributed by atoms with van der Waals surface area (Å²) in [7, 11) is 0. The molecule has 4 N–H and O–H groups in total. The highest BCUT2D eigenvalue weighted by Crippen LogP contribution is 2.10. The van der Waals surface area contributed by atoms with Crippen molar-refractivity contribution in [3.05, 3.63) is 35.6 Å². The SMILES string of the molecule is NC(=O)CN1CCC(NC(=O)NCc2ccccc2F)CC1.